The van der Waals surface area contributed by atoms with Gasteiger partial charge in [0.2, 0.25) is 0 Å². The largest absolute Gasteiger partial charge is 0.381 e. The van der Waals surface area contributed by atoms with Gasteiger partial charge in [0.25, 0.3) is 0 Å². The highest BCUT2D eigenvalue weighted by molar-refractivity contribution is 14.1. The number of hydrogen-bond donors (Lipinski definition) is 1. The monoisotopic (exact) mass is 319 g/mol. The molecule has 1 fully saturated rings. The fourth-order valence-corrected chi connectivity index (χ4v) is 3.21. The molecule has 0 radical (unpaired) electrons. The van der Waals surface area contributed by atoms with Gasteiger partial charge in [-0.2, -0.15) is 11.8 Å². The number of rotatable bonds is 2. The topological polar surface area (TPSA) is 12.0 Å². The summed E-state index contributed by atoms with van der Waals surface area (Å²) in [6, 6.07) is 9.28. The summed E-state index contributed by atoms with van der Waals surface area (Å²) < 4.78 is 1.29. The standard InChI is InChI=1S/C11H14INS/c1-8-6-11(7-14-8)13-10-4-2-9(12)3-5-10/h2-5,8,11,13H,6-7H2,1H3. The molecule has 2 unspecified atom stereocenters. The molecule has 2 rings (SSSR count). The number of halogens is 1. The van der Waals surface area contributed by atoms with Crippen LogP contribution in [0.3, 0.4) is 0 Å². The smallest absolute Gasteiger partial charge is 0.0362 e. The zero-order valence-corrected chi connectivity index (χ0v) is 11.1. The van der Waals surface area contributed by atoms with Gasteiger partial charge in [0.15, 0.2) is 0 Å². The van der Waals surface area contributed by atoms with E-state index in [1.54, 1.807) is 0 Å². The maximum absolute atomic E-state index is 3.57. The van der Waals surface area contributed by atoms with Crippen LogP contribution in [-0.4, -0.2) is 17.0 Å². The molecule has 0 saturated carbocycles. The maximum atomic E-state index is 3.57. The molecule has 0 bridgehead atoms. The molecule has 1 heterocycles. The molecular weight excluding hydrogens is 305 g/mol. The fourth-order valence-electron chi connectivity index (χ4n) is 1.70. The summed E-state index contributed by atoms with van der Waals surface area (Å²) in [4.78, 5) is 0. The van der Waals surface area contributed by atoms with Crippen molar-refractivity contribution in [2.75, 3.05) is 11.1 Å². The SMILES string of the molecule is CC1CC(Nc2ccc(I)cc2)CS1. The van der Waals surface area contributed by atoms with E-state index in [0.717, 1.165) is 5.25 Å². The Bertz CT molecular complexity index is 299. The molecule has 3 heteroatoms. The van der Waals surface area contributed by atoms with Crippen molar-refractivity contribution in [2.24, 2.45) is 0 Å². The Labute approximate surface area is 103 Å². The second kappa shape index (κ2) is 4.75. The van der Waals surface area contributed by atoms with Crippen molar-refractivity contribution in [3.8, 4) is 0 Å². The molecule has 14 heavy (non-hydrogen) atoms. The lowest BCUT2D eigenvalue weighted by Gasteiger charge is -2.12. The van der Waals surface area contributed by atoms with Crippen molar-refractivity contribution in [1.29, 1.82) is 0 Å². The molecule has 1 aliphatic heterocycles. The molecule has 1 aromatic rings. The second-order valence-electron chi connectivity index (χ2n) is 3.73. The van der Waals surface area contributed by atoms with E-state index in [0.29, 0.717) is 6.04 Å². The van der Waals surface area contributed by atoms with Gasteiger partial charge in [0, 0.05) is 26.3 Å². The Morgan fingerprint density at radius 2 is 2.07 bits per heavy atom. The molecule has 2 atom stereocenters. The van der Waals surface area contributed by atoms with Crippen molar-refractivity contribution in [3.05, 3.63) is 27.8 Å². The van der Waals surface area contributed by atoms with Gasteiger partial charge in [-0.25, -0.2) is 0 Å². The Balaban J connectivity index is 1.94. The molecule has 1 aromatic carbocycles. The van der Waals surface area contributed by atoms with Gasteiger partial charge in [-0.05, 0) is 53.3 Å². The van der Waals surface area contributed by atoms with Crippen LogP contribution >= 0.6 is 34.4 Å². The average Bonchev–Trinajstić information content (AvgIpc) is 2.56. The minimum atomic E-state index is 0.662. The molecule has 0 spiro atoms. The van der Waals surface area contributed by atoms with E-state index in [1.165, 1.54) is 21.4 Å². The summed E-state index contributed by atoms with van der Waals surface area (Å²) in [5.74, 6) is 1.24. The third-order valence-electron chi connectivity index (χ3n) is 2.41. The summed E-state index contributed by atoms with van der Waals surface area (Å²) in [7, 11) is 0. The van der Waals surface area contributed by atoms with Crippen LogP contribution < -0.4 is 5.32 Å². The number of nitrogens with one attached hydrogen (secondary N) is 1. The van der Waals surface area contributed by atoms with Crippen molar-refractivity contribution in [1.82, 2.24) is 0 Å². The van der Waals surface area contributed by atoms with Crippen LogP contribution in [0.1, 0.15) is 13.3 Å². The van der Waals surface area contributed by atoms with Crippen molar-refractivity contribution >= 4 is 40.0 Å². The second-order valence-corrected chi connectivity index (χ2v) is 6.44. The Kier molecular flexibility index (Phi) is 3.60. The first-order chi connectivity index (χ1) is 6.74. The number of thioether (sulfide) groups is 1. The van der Waals surface area contributed by atoms with Gasteiger partial charge < -0.3 is 5.32 Å². The molecular formula is C11H14INS. The highest BCUT2D eigenvalue weighted by Crippen LogP contribution is 2.28. The summed E-state index contributed by atoms with van der Waals surface area (Å²) >= 11 is 4.40. The highest BCUT2D eigenvalue weighted by atomic mass is 127. The van der Waals surface area contributed by atoms with Crippen LogP contribution in [0.2, 0.25) is 0 Å². The van der Waals surface area contributed by atoms with E-state index in [-0.39, 0.29) is 0 Å². The molecule has 0 amide bonds. The predicted octanol–water partition coefficient (Wildman–Crippen LogP) is 3.60. The van der Waals surface area contributed by atoms with Gasteiger partial charge in [-0.1, -0.05) is 6.92 Å². The van der Waals surface area contributed by atoms with Crippen LogP contribution in [-0.2, 0) is 0 Å². The van der Waals surface area contributed by atoms with Gasteiger partial charge in [-0.15, -0.1) is 0 Å². The van der Waals surface area contributed by atoms with Crippen LogP contribution in [0, 0.1) is 3.57 Å². The quantitative estimate of drug-likeness (QED) is 0.836. The fraction of sp³-hybridized carbons (Fsp3) is 0.455. The first-order valence-corrected chi connectivity index (χ1v) is 7.00. The van der Waals surface area contributed by atoms with Crippen molar-refractivity contribution in [3.63, 3.8) is 0 Å². The molecule has 1 nitrogen and oxygen atoms in total. The molecule has 76 valence electrons. The zero-order chi connectivity index (χ0) is 9.97. The summed E-state index contributed by atoms with van der Waals surface area (Å²) in [5, 5.41) is 4.39. The zero-order valence-electron chi connectivity index (χ0n) is 8.16. The number of anilines is 1. The van der Waals surface area contributed by atoms with Gasteiger partial charge in [-0.3, -0.25) is 0 Å². The van der Waals surface area contributed by atoms with Crippen LogP contribution in [0.15, 0.2) is 24.3 Å². The highest BCUT2D eigenvalue weighted by Gasteiger charge is 2.21. The number of hydrogen-bond acceptors (Lipinski definition) is 2. The van der Waals surface area contributed by atoms with Crippen LogP contribution in [0.25, 0.3) is 0 Å². The first kappa shape index (κ1) is 10.6. The summed E-state index contributed by atoms with van der Waals surface area (Å²) in [6.07, 6.45) is 1.29. The lowest BCUT2D eigenvalue weighted by Crippen LogP contribution is -2.18. The van der Waals surface area contributed by atoms with Crippen molar-refractivity contribution < 1.29 is 0 Å². The van der Waals surface area contributed by atoms with E-state index < -0.39 is 0 Å². The molecule has 0 aliphatic carbocycles. The molecule has 1 N–H and O–H groups in total. The normalized spacial score (nSPS) is 26.4. The lowest BCUT2D eigenvalue weighted by atomic mass is 10.2. The summed E-state index contributed by atoms with van der Waals surface area (Å²) in [6.45, 7) is 2.31. The van der Waals surface area contributed by atoms with E-state index >= 15 is 0 Å². The first-order valence-electron chi connectivity index (χ1n) is 4.88. The Morgan fingerprint density at radius 3 is 2.64 bits per heavy atom. The van der Waals surface area contributed by atoms with Gasteiger partial charge in [0.1, 0.15) is 0 Å². The van der Waals surface area contributed by atoms with E-state index in [1.807, 2.05) is 0 Å². The summed E-state index contributed by atoms with van der Waals surface area (Å²) in [5.41, 5.74) is 1.25. The van der Waals surface area contributed by atoms with E-state index in [2.05, 4.69) is 70.9 Å². The lowest BCUT2D eigenvalue weighted by molar-refractivity contribution is 0.747. The van der Waals surface area contributed by atoms with Gasteiger partial charge >= 0.3 is 0 Å². The Hall–Kier alpha value is 0.1000. The third-order valence-corrected chi connectivity index (χ3v) is 4.49. The number of benzene rings is 1. The van der Waals surface area contributed by atoms with Gasteiger partial charge in [0.05, 0.1) is 0 Å². The van der Waals surface area contributed by atoms with Crippen LogP contribution in [0.4, 0.5) is 5.69 Å². The average molecular weight is 319 g/mol. The minimum Gasteiger partial charge on any atom is -0.381 e. The minimum absolute atomic E-state index is 0.662. The van der Waals surface area contributed by atoms with Crippen molar-refractivity contribution in [2.45, 2.75) is 24.6 Å². The maximum Gasteiger partial charge on any atom is 0.0362 e. The Morgan fingerprint density at radius 1 is 1.36 bits per heavy atom. The predicted molar refractivity (Wildman–Crippen MR) is 73.1 cm³/mol. The third kappa shape index (κ3) is 2.79. The molecule has 1 aliphatic rings. The van der Waals surface area contributed by atoms with E-state index in [4.69, 9.17) is 0 Å². The van der Waals surface area contributed by atoms with Crippen LogP contribution in [0.5, 0.6) is 0 Å². The molecule has 1 saturated heterocycles. The van der Waals surface area contributed by atoms with E-state index in [9.17, 15) is 0 Å². The molecule has 0 aromatic heterocycles.